The van der Waals surface area contributed by atoms with Gasteiger partial charge in [-0.2, -0.15) is 0 Å². The Morgan fingerprint density at radius 1 is 1.21 bits per heavy atom. The van der Waals surface area contributed by atoms with Crippen molar-refractivity contribution in [2.24, 2.45) is 0 Å². The van der Waals surface area contributed by atoms with E-state index in [0.717, 1.165) is 19.3 Å². The van der Waals surface area contributed by atoms with Crippen molar-refractivity contribution in [3.05, 3.63) is 0 Å². The van der Waals surface area contributed by atoms with Gasteiger partial charge in [-0.05, 0) is 59.3 Å². The molecule has 2 unspecified atom stereocenters. The molecule has 6 heteroatoms. The van der Waals surface area contributed by atoms with Crippen LogP contribution in [0.2, 0.25) is 0 Å². The number of fused-ring (bicyclic) bond motifs is 2. The zero-order valence-corrected chi connectivity index (χ0v) is 15.1. The van der Waals surface area contributed by atoms with Gasteiger partial charge in [-0.15, -0.1) is 0 Å². The van der Waals surface area contributed by atoms with Crippen LogP contribution in [0.5, 0.6) is 0 Å². The van der Waals surface area contributed by atoms with E-state index in [9.17, 15) is 9.90 Å². The van der Waals surface area contributed by atoms with Gasteiger partial charge in [0.2, 0.25) is 0 Å². The van der Waals surface area contributed by atoms with Crippen LogP contribution < -0.4 is 0 Å². The van der Waals surface area contributed by atoms with Gasteiger partial charge in [-0.25, -0.2) is 4.79 Å². The first-order chi connectivity index (χ1) is 11.3. The van der Waals surface area contributed by atoms with Crippen molar-refractivity contribution >= 4 is 6.09 Å². The molecular weight excluding hydrogens is 310 g/mol. The number of hydrogen-bond donors (Lipinski definition) is 1. The lowest BCUT2D eigenvalue weighted by molar-refractivity contribution is -0.113. The van der Waals surface area contributed by atoms with E-state index in [2.05, 4.69) is 0 Å². The summed E-state index contributed by atoms with van der Waals surface area (Å²) >= 11 is 0. The van der Waals surface area contributed by atoms with Crippen LogP contribution in [0.3, 0.4) is 0 Å². The summed E-state index contributed by atoms with van der Waals surface area (Å²) in [6.45, 7) is 6.95. The Hall–Kier alpha value is -0.850. The largest absolute Gasteiger partial charge is 0.444 e. The quantitative estimate of drug-likeness (QED) is 0.855. The van der Waals surface area contributed by atoms with E-state index in [1.165, 1.54) is 0 Å². The van der Waals surface area contributed by atoms with Gasteiger partial charge in [0.25, 0.3) is 0 Å². The molecule has 0 aromatic rings. The van der Waals surface area contributed by atoms with Crippen LogP contribution in [0.1, 0.15) is 65.7 Å². The number of aliphatic hydroxyl groups is 1. The maximum absolute atomic E-state index is 12.6. The van der Waals surface area contributed by atoms with Gasteiger partial charge in [0.05, 0.1) is 18.8 Å². The molecule has 0 aromatic heterocycles. The Balaban J connectivity index is 1.62. The van der Waals surface area contributed by atoms with Crippen LogP contribution in [-0.4, -0.2) is 58.9 Å². The van der Waals surface area contributed by atoms with Crippen LogP contribution in [0.15, 0.2) is 0 Å². The third kappa shape index (κ3) is 4.21. The standard InChI is InChI=1S/C18H31NO5/c1-17(2,3)24-16(20)19-13-5-4-6-14(19)12-18(21,11-13)8-7-15-22-9-10-23-15/h13-15,21H,4-12H2,1-3H3. The molecule has 3 heterocycles. The first-order valence-corrected chi connectivity index (χ1v) is 9.23. The van der Waals surface area contributed by atoms with Crippen molar-refractivity contribution in [3.63, 3.8) is 0 Å². The van der Waals surface area contributed by atoms with Gasteiger partial charge in [-0.1, -0.05) is 0 Å². The van der Waals surface area contributed by atoms with E-state index in [0.29, 0.717) is 38.9 Å². The minimum atomic E-state index is -0.733. The molecule has 6 nitrogen and oxygen atoms in total. The summed E-state index contributed by atoms with van der Waals surface area (Å²) in [5.74, 6) is 0. The first kappa shape index (κ1) is 18.0. The number of piperidine rings is 2. The van der Waals surface area contributed by atoms with Crippen molar-refractivity contribution in [1.29, 1.82) is 0 Å². The monoisotopic (exact) mass is 341 g/mol. The third-order valence-electron chi connectivity index (χ3n) is 5.23. The average Bonchev–Trinajstić information content (AvgIpc) is 2.95. The van der Waals surface area contributed by atoms with Crippen LogP contribution in [0.4, 0.5) is 4.79 Å². The van der Waals surface area contributed by atoms with Crippen LogP contribution >= 0.6 is 0 Å². The maximum atomic E-state index is 12.6. The van der Waals surface area contributed by atoms with E-state index < -0.39 is 11.2 Å². The number of nitrogens with zero attached hydrogens (tertiary/aromatic N) is 1. The number of amides is 1. The highest BCUT2D eigenvalue weighted by atomic mass is 16.7. The lowest BCUT2D eigenvalue weighted by Crippen LogP contribution is -2.60. The highest BCUT2D eigenvalue weighted by Gasteiger charge is 2.48. The summed E-state index contributed by atoms with van der Waals surface area (Å²) in [4.78, 5) is 14.5. The van der Waals surface area contributed by atoms with E-state index in [4.69, 9.17) is 14.2 Å². The molecule has 3 aliphatic heterocycles. The highest BCUT2D eigenvalue weighted by molar-refractivity contribution is 5.69. The van der Waals surface area contributed by atoms with Crippen LogP contribution in [0, 0.1) is 0 Å². The van der Waals surface area contributed by atoms with E-state index in [1.807, 2.05) is 25.7 Å². The van der Waals surface area contributed by atoms with Gasteiger partial charge in [-0.3, -0.25) is 0 Å². The Bertz CT molecular complexity index is 441. The summed E-state index contributed by atoms with van der Waals surface area (Å²) in [7, 11) is 0. The number of ether oxygens (including phenoxy) is 3. The number of carbonyl (C=O) groups excluding carboxylic acids is 1. The molecule has 3 rings (SSSR count). The van der Waals surface area contributed by atoms with Crippen LogP contribution in [-0.2, 0) is 14.2 Å². The van der Waals surface area contributed by atoms with E-state index in [-0.39, 0.29) is 24.5 Å². The lowest BCUT2D eigenvalue weighted by Gasteiger charge is -2.52. The third-order valence-corrected chi connectivity index (χ3v) is 5.23. The molecule has 1 N–H and O–H groups in total. The molecule has 2 atom stereocenters. The zero-order chi connectivity index (χ0) is 17.4. The molecule has 3 aliphatic rings. The minimum absolute atomic E-state index is 0.0720. The van der Waals surface area contributed by atoms with Gasteiger partial charge < -0.3 is 24.2 Å². The van der Waals surface area contributed by atoms with Gasteiger partial charge in [0.15, 0.2) is 6.29 Å². The minimum Gasteiger partial charge on any atom is -0.444 e. The van der Waals surface area contributed by atoms with Crippen LogP contribution in [0.25, 0.3) is 0 Å². The first-order valence-electron chi connectivity index (χ1n) is 9.23. The summed E-state index contributed by atoms with van der Waals surface area (Å²) in [5.41, 5.74) is -1.22. The molecule has 3 saturated heterocycles. The molecule has 138 valence electrons. The molecule has 0 aliphatic carbocycles. The molecule has 0 aromatic carbocycles. The van der Waals surface area contributed by atoms with Crippen molar-refractivity contribution in [3.8, 4) is 0 Å². The summed E-state index contributed by atoms with van der Waals surface area (Å²) in [6, 6.07) is 0.144. The molecule has 3 fully saturated rings. The van der Waals surface area contributed by atoms with E-state index in [1.54, 1.807) is 0 Å². The molecule has 2 bridgehead atoms. The summed E-state index contributed by atoms with van der Waals surface area (Å²) in [5, 5.41) is 11.1. The molecular formula is C18H31NO5. The molecule has 24 heavy (non-hydrogen) atoms. The Morgan fingerprint density at radius 2 is 1.79 bits per heavy atom. The Kier molecular flexibility index (Phi) is 5.09. The van der Waals surface area contributed by atoms with Gasteiger partial charge in [0.1, 0.15) is 5.60 Å². The molecule has 0 spiro atoms. The Morgan fingerprint density at radius 3 is 2.33 bits per heavy atom. The second-order valence-corrected chi connectivity index (χ2v) is 8.47. The molecule has 1 amide bonds. The smallest absolute Gasteiger partial charge is 0.410 e. The van der Waals surface area contributed by atoms with Gasteiger partial charge in [0, 0.05) is 18.5 Å². The number of hydrogen-bond acceptors (Lipinski definition) is 5. The van der Waals surface area contributed by atoms with Crippen molar-refractivity contribution in [1.82, 2.24) is 4.90 Å². The van der Waals surface area contributed by atoms with Crippen molar-refractivity contribution in [2.75, 3.05) is 13.2 Å². The van der Waals surface area contributed by atoms with Crippen molar-refractivity contribution in [2.45, 2.75) is 95.3 Å². The number of rotatable bonds is 3. The predicted octanol–water partition coefficient (Wildman–Crippen LogP) is 2.82. The van der Waals surface area contributed by atoms with E-state index >= 15 is 0 Å². The topological polar surface area (TPSA) is 68.2 Å². The number of carbonyl (C=O) groups is 1. The second-order valence-electron chi connectivity index (χ2n) is 8.47. The summed E-state index contributed by atoms with van der Waals surface area (Å²) in [6.07, 6.45) is 5.18. The fourth-order valence-electron chi connectivity index (χ4n) is 4.30. The average molecular weight is 341 g/mol. The normalized spacial score (nSPS) is 34.4. The van der Waals surface area contributed by atoms with Crippen molar-refractivity contribution < 1.29 is 24.1 Å². The predicted molar refractivity (Wildman–Crippen MR) is 88.6 cm³/mol. The maximum Gasteiger partial charge on any atom is 0.410 e. The Labute approximate surface area is 144 Å². The SMILES string of the molecule is CC(C)(C)OC(=O)N1C2CCCC1CC(O)(CCC1OCCO1)C2. The molecule has 0 radical (unpaired) electrons. The highest BCUT2D eigenvalue weighted by Crippen LogP contribution is 2.42. The summed E-state index contributed by atoms with van der Waals surface area (Å²) < 4.78 is 16.5. The molecule has 0 saturated carbocycles. The fourth-order valence-corrected chi connectivity index (χ4v) is 4.30. The fraction of sp³-hybridized carbons (Fsp3) is 0.944. The zero-order valence-electron chi connectivity index (χ0n) is 15.1. The second kappa shape index (κ2) is 6.81. The lowest BCUT2D eigenvalue weighted by atomic mass is 9.74. The van der Waals surface area contributed by atoms with Gasteiger partial charge >= 0.3 is 6.09 Å².